The summed E-state index contributed by atoms with van der Waals surface area (Å²) < 4.78 is 11.1. The Kier molecular flexibility index (Phi) is 6.33. The summed E-state index contributed by atoms with van der Waals surface area (Å²) in [6.45, 7) is 6.24. The summed E-state index contributed by atoms with van der Waals surface area (Å²) in [6.07, 6.45) is 1.44. The molecular formula is C29H30N4O4. The minimum Gasteiger partial charge on any atom is -0.485 e. The van der Waals surface area contributed by atoms with E-state index >= 15 is 0 Å². The second-order valence-corrected chi connectivity index (χ2v) is 9.39. The van der Waals surface area contributed by atoms with Gasteiger partial charge in [-0.3, -0.25) is 19.1 Å². The fourth-order valence-electron chi connectivity index (χ4n) is 5.07. The zero-order chi connectivity index (χ0) is 26.3. The molecule has 0 N–H and O–H groups in total. The van der Waals surface area contributed by atoms with Crippen LogP contribution < -0.4 is 15.2 Å². The molecule has 8 heteroatoms. The van der Waals surface area contributed by atoms with Gasteiger partial charge in [-0.05, 0) is 69.7 Å². The first kappa shape index (κ1) is 24.4. The lowest BCUT2D eigenvalue weighted by Gasteiger charge is -2.16. The molecule has 1 aliphatic heterocycles. The maximum atomic E-state index is 13.5. The van der Waals surface area contributed by atoms with Crippen LogP contribution in [0, 0.1) is 20.8 Å². The molecule has 0 spiro atoms. The van der Waals surface area contributed by atoms with Crippen molar-refractivity contribution in [2.24, 2.45) is 7.05 Å². The summed E-state index contributed by atoms with van der Waals surface area (Å²) in [5, 5.41) is 0. The Morgan fingerprint density at radius 3 is 2.27 bits per heavy atom. The predicted octanol–water partition coefficient (Wildman–Crippen LogP) is 4.28. The van der Waals surface area contributed by atoms with E-state index in [2.05, 4.69) is 0 Å². The van der Waals surface area contributed by atoms with E-state index in [1.54, 1.807) is 21.7 Å². The van der Waals surface area contributed by atoms with Gasteiger partial charge in [0.2, 0.25) is 11.7 Å². The molecule has 0 unspecified atom stereocenters. The van der Waals surface area contributed by atoms with Crippen LogP contribution in [0.4, 0.5) is 5.69 Å². The zero-order valence-corrected chi connectivity index (χ0v) is 21.5. The van der Waals surface area contributed by atoms with Gasteiger partial charge in [0.15, 0.2) is 6.61 Å². The first-order chi connectivity index (χ1) is 17.8. The molecule has 0 saturated carbocycles. The van der Waals surface area contributed by atoms with E-state index in [-0.39, 0.29) is 23.9 Å². The summed E-state index contributed by atoms with van der Waals surface area (Å²) in [7, 11) is 1.85. The number of rotatable bonds is 7. The molecule has 0 atom stereocenters. The summed E-state index contributed by atoms with van der Waals surface area (Å²) >= 11 is 0. The molecule has 1 amide bonds. The van der Waals surface area contributed by atoms with Gasteiger partial charge in [-0.1, -0.05) is 18.2 Å². The maximum absolute atomic E-state index is 13.5. The van der Waals surface area contributed by atoms with Gasteiger partial charge in [-0.2, -0.15) is 0 Å². The van der Waals surface area contributed by atoms with Crippen LogP contribution in [0.3, 0.4) is 0 Å². The number of benzene rings is 2. The lowest BCUT2D eigenvalue weighted by atomic mass is 10.1. The van der Waals surface area contributed by atoms with Crippen molar-refractivity contribution < 1.29 is 14.3 Å². The Bertz CT molecular complexity index is 1540. The summed E-state index contributed by atoms with van der Waals surface area (Å²) in [6, 6.07) is 18.5. The van der Waals surface area contributed by atoms with Crippen molar-refractivity contribution in [1.29, 1.82) is 0 Å². The largest absolute Gasteiger partial charge is 0.485 e. The van der Waals surface area contributed by atoms with Crippen LogP contribution in [0.15, 0.2) is 65.5 Å². The SMILES string of the molecule is Cc1cc(C(=O)COc2ccc(N3CCCC3=O)cc2)c(C)n1-c1c(C)n(C)n(-c2ccccc2)c1=O. The number of carbonyl (C=O) groups is 2. The number of nitrogens with zero attached hydrogens (tertiary/aromatic N) is 4. The Morgan fingerprint density at radius 2 is 1.62 bits per heavy atom. The van der Waals surface area contributed by atoms with E-state index in [0.29, 0.717) is 29.1 Å². The molecule has 4 aromatic rings. The van der Waals surface area contributed by atoms with E-state index < -0.39 is 0 Å². The third-order valence-electron chi connectivity index (χ3n) is 7.07. The molecule has 1 fully saturated rings. The molecule has 0 bridgehead atoms. The van der Waals surface area contributed by atoms with Crippen molar-refractivity contribution in [3.63, 3.8) is 0 Å². The van der Waals surface area contributed by atoms with Crippen molar-refractivity contribution in [3.8, 4) is 17.1 Å². The third-order valence-corrected chi connectivity index (χ3v) is 7.07. The van der Waals surface area contributed by atoms with E-state index in [1.807, 2.05) is 85.6 Å². The monoisotopic (exact) mass is 498 g/mol. The van der Waals surface area contributed by atoms with Gasteiger partial charge in [-0.15, -0.1) is 0 Å². The average Bonchev–Trinajstić information content (AvgIpc) is 3.52. The molecule has 37 heavy (non-hydrogen) atoms. The Hall–Kier alpha value is -4.33. The van der Waals surface area contributed by atoms with E-state index in [4.69, 9.17) is 4.74 Å². The highest BCUT2D eigenvalue weighted by Gasteiger charge is 2.24. The van der Waals surface area contributed by atoms with E-state index in [9.17, 15) is 14.4 Å². The van der Waals surface area contributed by atoms with Crippen LogP contribution >= 0.6 is 0 Å². The minimum absolute atomic E-state index is 0.128. The molecule has 190 valence electrons. The number of hydrogen-bond donors (Lipinski definition) is 0. The maximum Gasteiger partial charge on any atom is 0.295 e. The second-order valence-electron chi connectivity index (χ2n) is 9.39. The molecule has 1 saturated heterocycles. The van der Waals surface area contributed by atoms with Crippen LogP contribution in [0.5, 0.6) is 5.75 Å². The second kappa shape index (κ2) is 9.61. The van der Waals surface area contributed by atoms with E-state index in [1.165, 1.54) is 0 Å². The number of carbonyl (C=O) groups excluding carboxylic acids is 2. The first-order valence-corrected chi connectivity index (χ1v) is 12.4. The highest BCUT2D eigenvalue weighted by molar-refractivity contribution is 5.99. The number of ketones is 1. The fourth-order valence-corrected chi connectivity index (χ4v) is 5.07. The smallest absolute Gasteiger partial charge is 0.295 e. The predicted molar refractivity (Wildman–Crippen MR) is 142 cm³/mol. The van der Waals surface area contributed by atoms with E-state index in [0.717, 1.165) is 35.7 Å². The van der Waals surface area contributed by atoms with Gasteiger partial charge in [0.05, 0.1) is 11.4 Å². The lowest BCUT2D eigenvalue weighted by Crippen LogP contribution is -2.23. The minimum atomic E-state index is -0.171. The number of amides is 1. The number of Topliss-reactive ketones (excluding diaryl/α,β-unsaturated/α-hetero) is 1. The highest BCUT2D eigenvalue weighted by Crippen LogP contribution is 2.25. The van der Waals surface area contributed by atoms with Crippen LogP contribution in [0.2, 0.25) is 0 Å². The first-order valence-electron chi connectivity index (χ1n) is 12.4. The molecule has 0 aliphatic carbocycles. The molecule has 5 rings (SSSR count). The number of para-hydroxylation sites is 1. The molecule has 1 aliphatic rings. The van der Waals surface area contributed by atoms with Crippen LogP contribution in [0.1, 0.15) is 40.3 Å². The van der Waals surface area contributed by atoms with Gasteiger partial charge in [0.25, 0.3) is 5.56 Å². The molecule has 8 nitrogen and oxygen atoms in total. The summed E-state index contributed by atoms with van der Waals surface area (Å²) in [4.78, 5) is 40.4. The highest BCUT2D eigenvalue weighted by atomic mass is 16.5. The zero-order valence-electron chi connectivity index (χ0n) is 21.5. The Labute approximate surface area is 215 Å². The number of ether oxygens (including phenoxy) is 1. The summed E-state index contributed by atoms with van der Waals surface area (Å²) in [5.41, 5.74) is 4.79. The number of anilines is 1. The van der Waals surface area contributed by atoms with Crippen molar-refractivity contribution in [1.82, 2.24) is 13.9 Å². The number of aryl methyl sites for hydroxylation is 1. The van der Waals surface area contributed by atoms with Gasteiger partial charge < -0.3 is 14.2 Å². The Morgan fingerprint density at radius 1 is 0.919 bits per heavy atom. The van der Waals surface area contributed by atoms with Crippen LogP contribution in [-0.4, -0.2) is 38.8 Å². The average molecular weight is 499 g/mol. The quantitative estimate of drug-likeness (QED) is 0.356. The van der Waals surface area contributed by atoms with Crippen LogP contribution in [0.25, 0.3) is 11.4 Å². The van der Waals surface area contributed by atoms with Gasteiger partial charge in [0.1, 0.15) is 11.4 Å². The van der Waals surface area contributed by atoms with Crippen molar-refractivity contribution in [2.45, 2.75) is 33.6 Å². The van der Waals surface area contributed by atoms with Crippen LogP contribution in [-0.2, 0) is 11.8 Å². The third kappa shape index (κ3) is 4.28. The van der Waals surface area contributed by atoms with Crippen molar-refractivity contribution in [2.75, 3.05) is 18.1 Å². The summed E-state index contributed by atoms with van der Waals surface area (Å²) in [5.74, 6) is 0.515. The van der Waals surface area contributed by atoms with Gasteiger partial charge >= 0.3 is 0 Å². The molecule has 2 aromatic carbocycles. The topological polar surface area (TPSA) is 78.5 Å². The number of hydrogen-bond acceptors (Lipinski definition) is 4. The molecular weight excluding hydrogens is 468 g/mol. The molecule has 3 heterocycles. The molecule has 2 aromatic heterocycles. The van der Waals surface area contributed by atoms with Crippen molar-refractivity contribution in [3.05, 3.63) is 93.7 Å². The van der Waals surface area contributed by atoms with Crippen molar-refractivity contribution >= 4 is 17.4 Å². The molecule has 0 radical (unpaired) electrons. The number of aromatic nitrogens is 3. The normalized spacial score (nSPS) is 13.4. The van der Waals surface area contributed by atoms with Gasteiger partial charge in [0, 0.05) is 42.7 Å². The van der Waals surface area contributed by atoms with Gasteiger partial charge in [-0.25, -0.2) is 4.68 Å². The standard InChI is InChI=1S/C29H30N4O4/c1-19-17-25(26(34)18-37-24-14-12-22(13-15-24)31-16-8-11-27(31)35)20(2)32(19)28-21(3)30(4)33(29(28)36)23-9-6-5-7-10-23/h5-7,9-10,12-15,17H,8,11,16,18H2,1-4H3. The fraction of sp³-hybridized carbons (Fsp3) is 0.276. The Balaban J connectivity index is 1.38. The lowest BCUT2D eigenvalue weighted by molar-refractivity contribution is -0.117.